The van der Waals surface area contributed by atoms with Crippen molar-refractivity contribution in [2.45, 2.75) is 13.8 Å². The van der Waals surface area contributed by atoms with Crippen LogP contribution >= 0.6 is 0 Å². The van der Waals surface area contributed by atoms with Crippen LogP contribution in [0.15, 0.2) is 24.3 Å². The van der Waals surface area contributed by atoms with Crippen LogP contribution in [-0.2, 0) is 4.74 Å². The first kappa shape index (κ1) is 12.5. The Morgan fingerprint density at radius 2 is 1.94 bits per heavy atom. The molecule has 88 valence electrons. The highest BCUT2D eigenvalue weighted by atomic mass is 16.5. The fraction of sp³-hybridized carbons (Fsp3) is 0.417. The van der Waals surface area contributed by atoms with Crippen molar-refractivity contribution < 1.29 is 9.53 Å². The van der Waals surface area contributed by atoms with E-state index in [0.717, 1.165) is 13.1 Å². The van der Waals surface area contributed by atoms with Crippen molar-refractivity contribution >= 4 is 11.7 Å². The van der Waals surface area contributed by atoms with E-state index in [-0.39, 0.29) is 5.97 Å². The van der Waals surface area contributed by atoms with E-state index < -0.39 is 0 Å². The molecule has 0 bridgehead atoms. The first-order valence-corrected chi connectivity index (χ1v) is 5.43. The second kappa shape index (κ2) is 6.12. The molecule has 4 heteroatoms. The van der Waals surface area contributed by atoms with Crippen LogP contribution in [0.5, 0.6) is 0 Å². The van der Waals surface area contributed by atoms with Gasteiger partial charge < -0.3 is 10.5 Å². The summed E-state index contributed by atoms with van der Waals surface area (Å²) in [6, 6.07) is 6.91. The van der Waals surface area contributed by atoms with Crippen molar-refractivity contribution in [3.63, 3.8) is 0 Å². The second-order valence-electron chi connectivity index (χ2n) is 3.45. The SMILES string of the molecule is CCN(CC)COC(=O)c1ccccc1N. The van der Waals surface area contributed by atoms with E-state index in [4.69, 9.17) is 10.5 Å². The Balaban J connectivity index is 2.56. The third kappa shape index (κ3) is 3.24. The maximum atomic E-state index is 11.7. The topological polar surface area (TPSA) is 55.6 Å². The predicted molar refractivity (Wildman–Crippen MR) is 64.1 cm³/mol. The summed E-state index contributed by atoms with van der Waals surface area (Å²) in [6.07, 6.45) is 0. The van der Waals surface area contributed by atoms with E-state index in [2.05, 4.69) is 0 Å². The summed E-state index contributed by atoms with van der Waals surface area (Å²) in [5.74, 6) is -0.370. The molecule has 0 saturated heterocycles. The van der Waals surface area contributed by atoms with Gasteiger partial charge in [0, 0.05) is 5.69 Å². The zero-order chi connectivity index (χ0) is 12.0. The van der Waals surface area contributed by atoms with E-state index in [0.29, 0.717) is 18.0 Å². The number of anilines is 1. The van der Waals surface area contributed by atoms with Crippen molar-refractivity contribution in [2.24, 2.45) is 0 Å². The molecule has 4 nitrogen and oxygen atoms in total. The van der Waals surface area contributed by atoms with Crippen LogP contribution in [0.3, 0.4) is 0 Å². The average molecular weight is 222 g/mol. The summed E-state index contributed by atoms with van der Waals surface area (Å²) in [5.41, 5.74) is 6.55. The molecule has 0 saturated carbocycles. The molecule has 0 amide bonds. The molecule has 0 atom stereocenters. The molecule has 16 heavy (non-hydrogen) atoms. The number of rotatable bonds is 5. The quantitative estimate of drug-likeness (QED) is 0.468. The molecule has 0 aliphatic heterocycles. The standard InChI is InChI=1S/C12H18N2O2/c1-3-14(4-2)9-16-12(15)10-7-5-6-8-11(10)13/h5-8H,3-4,9,13H2,1-2H3. The molecule has 0 heterocycles. The van der Waals surface area contributed by atoms with Crippen LogP contribution < -0.4 is 5.73 Å². The molecule has 1 aromatic carbocycles. The van der Waals surface area contributed by atoms with Crippen molar-refractivity contribution in [1.29, 1.82) is 0 Å². The van der Waals surface area contributed by atoms with Crippen LogP contribution in [0, 0.1) is 0 Å². The number of hydrogen-bond acceptors (Lipinski definition) is 4. The summed E-state index contributed by atoms with van der Waals surface area (Å²) < 4.78 is 5.16. The highest BCUT2D eigenvalue weighted by Gasteiger charge is 2.11. The molecule has 0 aromatic heterocycles. The fourth-order valence-corrected chi connectivity index (χ4v) is 1.32. The molecule has 2 N–H and O–H groups in total. The van der Waals surface area contributed by atoms with Gasteiger partial charge >= 0.3 is 5.97 Å². The lowest BCUT2D eigenvalue weighted by molar-refractivity contribution is 0.0241. The van der Waals surface area contributed by atoms with Gasteiger partial charge in [0.2, 0.25) is 0 Å². The molecule has 0 fully saturated rings. The molecule has 0 radical (unpaired) electrons. The zero-order valence-electron chi connectivity index (χ0n) is 9.77. The molecular formula is C12H18N2O2. The Morgan fingerprint density at radius 3 is 2.50 bits per heavy atom. The van der Waals surface area contributed by atoms with Gasteiger partial charge in [0.15, 0.2) is 0 Å². The van der Waals surface area contributed by atoms with Crippen molar-refractivity contribution in [3.05, 3.63) is 29.8 Å². The van der Waals surface area contributed by atoms with E-state index in [1.54, 1.807) is 24.3 Å². The van der Waals surface area contributed by atoms with Crippen molar-refractivity contribution in [3.8, 4) is 0 Å². The number of para-hydroxylation sites is 1. The smallest absolute Gasteiger partial charge is 0.341 e. The minimum Gasteiger partial charge on any atom is -0.446 e. The van der Waals surface area contributed by atoms with Gasteiger partial charge in [-0.25, -0.2) is 4.79 Å². The number of benzene rings is 1. The number of carbonyl (C=O) groups is 1. The maximum Gasteiger partial charge on any atom is 0.341 e. The van der Waals surface area contributed by atoms with Crippen LogP contribution in [0.4, 0.5) is 5.69 Å². The van der Waals surface area contributed by atoms with Crippen LogP contribution in [-0.4, -0.2) is 30.7 Å². The first-order chi connectivity index (χ1) is 7.69. The summed E-state index contributed by atoms with van der Waals surface area (Å²) in [5, 5.41) is 0. The van der Waals surface area contributed by atoms with Crippen LogP contribution in [0.25, 0.3) is 0 Å². The lowest BCUT2D eigenvalue weighted by Crippen LogP contribution is -2.27. The minimum absolute atomic E-state index is 0.306. The fourth-order valence-electron chi connectivity index (χ4n) is 1.32. The van der Waals surface area contributed by atoms with Gasteiger partial charge in [-0.05, 0) is 25.2 Å². The minimum atomic E-state index is -0.370. The first-order valence-electron chi connectivity index (χ1n) is 5.43. The Bertz CT molecular complexity index is 349. The number of ether oxygens (including phenoxy) is 1. The van der Waals surface area contributed by atoms with Gasteiger partial charge in [0.25, 0.3) is 0 Å². The summed E-state index contributed by atoms with van der Waals surface area (Å²) in [7, 11) is 0. The second-order valence-corrected chi connectivity index (χ2v) is 3.45. The summed E-state index contributed by atoms with van der Waals surface area (Å²) in [6.45, 7) is 6.06. The molecule has 0 aliphatic carbocycles. The lowest BCUT2D eigenvalue weighted by Gasteiger charge is -2.17. The molecule has 1 rings (SSSR count). The van der Waals surface area contributed by atoms with Gasteiger partial charge in [-0.15, -0.1) is 0 Å². The van der Waals surface area contributed by atoms with E-state index in [1.165, 1.54) is 0 Å². The van der Waals surface area contributed by atoms with Crippen LogP contribution in [0.2, 0.25) is 0 Å². The number of carbonyl (C=O) groups excluding carboxylic acids is 1. The van der Waals surface area contributed by atoms with Gasteiger partial charge in [0.05, 0.1) is 5.56 Å². The average Bonchev–Trinajstić information content (AvgIpc) is 2.30. The largest absolute Gasteiger partial charge is 0.446 e. The number of nitrogens with zero attached hydrogens (tertiary/aromatic N) is 1. The third-order valence-electron chi connectivity index (χ3n) is 2.45. The number of nitrogens with two attached hydrogens (primary N) is 1. The Morgan fingerprint density at radius 1 is 1.31 bits per heavy atom. The lowest BCUT2D eigenvalue weighted by atomic mass is 10.2. The highest BCUT2D eigenvalue weighted by molar-refractivity contribution is 5.94. The Kier molecular flexibility index (Phi) is 4.79. The number of hydrogen-bond donors (Lipinski definition) is 1. The van der Waals surface area contributed by atoms with Gasteiger partial charge in [-0.3, -0.25) is 4.90 Å². The summed E-state index contributed by atoms with van der Waals surface area (Å²) >= 11 is 0. The van der Waals surface area contributed by atoms with Gasteiger partial charge in [0.1, 0.15) is 6.73 Å². The molecule has 0 spiro atoms. The third-order valence-corrected chi connectivity index (χ3v) is 2.45. The predicted octanol–water partition coefficient (Wildman–Crippen LogP) is 1.72. The Labute approximate surface area is 96.0 Å². The van der Waals surface area contributed by atoms with Gasteiger partial charge in [-0.1, -0.05) is 26.0 Å². The number of nitrogen functional groups attached to an aromatic ring is 1. The summed E-state index contributed by atoms with van der Waals surface area (Å²) in [4.78, 5) is 13.7. The van der Waals surface area contributed by atoms with Crippen molar-refractivity contribution in [2.75, 3.05) is 25.6 Å². The zero-order valence-corrected chi connectivity index (χ0v) is 9.77. The van der Waals surface area contributed by atoms with E-state index in [1.807, 2.05) is 18.7 Å². The van der Waals surface area contributed by atoms with Crippen molar-refractivity contribution in [1.82, 2.24) is 4.90 Å². The Hall–Kier alpha value is -1.55. The van der Waals surface area contributed by atoms with E-state index >= 15 is 0 Å². The molecule has 0 unspecified atom stereocenters. The number of esters is 1. The molecule has 1 aromatic rings. The van der Waals surface area contributed by atoms with Crippen LogP contribution in [0.1, 0.15) is 24.2 Å². The monoisotopic (exact) mass is 222 g/mol. The molecular weight excluding hydrogens is 204 g/mol. The maximum absolute atomic E-state index is 11.7. The van der Waals surface area contributed by atoms with Gasteiger partial charge in [-0.2, -0.15) is 0 Å². The highest BCUT2D eigenvalue weighted by Crippen LogP contribution is 2.11. The molecule has 0 aliphatic rings. The van der Waals surface area contributed by atoms with E-state index in [9.17, 15) is 4.79 Å². The normalized spacial score (nSPS) is 10.4.